The minimum atomic E-state index is -0.164. The van der Waals surface area contributed by atoms with E-state index in [1.165, 1.54) is 18.3 Å². The van der Waals surface area contributed by atoms with Gasteiger partial charge in [-0.15, -0.1) is 0 Å². The third-order valence-electron chi connectivity index (χ3n) is 5.57. The number of aromatic nitrogens is 2. The minimum absolute atomic E-state index is 0.0246. The molecule has 0 unspecified atom stereocenters. The molecule has 8 nitrogen and oxygen atoms in total. The normalized spacial score (nSPS) is 11.5. The van der Waals surface area contributed by atoms with Crippen LogP contribution in [-0.4, -0.2) is 47.1 Å². The van der Waals surface area contributed by atoms with E-state index in [1.807, 2.05) is 68.4 Å². The molecule has 0 aliphatic carbocycles. The van der Waals surface area contributed by atoms with Crippen LogP contribution < -0.4 is 16.0 Å². The van der Waals surface area contributed by atoms with Crippen LogP contribution in [-0.2, 0) is 4.79 Å². The highest BCUT2D eigenvalue weighted by molar-refractivity contribution is 7.21. The van der Waals surface area contributed by atoms with E-state index in [0.29, 0.717) is 17.2 Å². The number of aryl methyl sites for hydroxylation is 1. The van der Waals surface area contributed by atoms with Gasteiger partial charge in [-0.2, -0.15) is 0 Å². The van der Waals surface area contributed by atoms with Crippen LogP contribution in [0.1, 0.15) is 36.2 Å². The summed E-state index contributed by atoms with van der Waals surface area (Å²) in [6.07, 6.45) is 0.784. The molecule has 0 fully saturated rings. The molecule has 4 rings (SSSR count). The molecule has 2 amide bonds. The number of carbonyl (C=O) groups excluding carboxylic acids is 2. The highest BCUT2D eigenvalue weighted by Gasteiger charge is 2.11. The SMILES string of the molecule is CC(=O)NCCNCCC(C)=Nc1nc2ccc(-c3cccc(C(=O)Nc4cccc(C)c4)c3)nc2s1. The quantitative estimate of drug-likeness (QED) is 0.201. The van der Waals surface area contributed by atoms with Gasteiger partial charge in [0, 0.05) is 49.1 Å². The van der Waals surface area contributed by atoms with Gasteiger partial charge < -0.3 is 16.0 Å². The summed E-state index contributed by atoms with van der Waals surface area (Å²) < 4.78 is 0. The predicted octanol–water partition coefficient (Wildman–Crippen LogP) is 5.13. The summed E-state index contributed by atoms with van der Waals surface area (Å²) in [7, 11) is 0. The minimum Gasteiger partial charge on any atom is -0.355 e. The Labute approximate surface area is 220 Å². The van der Waals surface area contributed by atoms with Crippen LogP contribution in [0, 0.1) is 6.92 Å². The van der Waals surface area contributed by atoms with Crippen molar-refractivity contribution in [2.75, 3.05) is 25.0 Å². The van der Waals surface area contributed by atoms with Crippen molar-refractivity contribution in [1.82, 2.24) is 20.6 Å². The van der Waals surface area contributed by atoms with Crippen LogP contribution in [0.2, 0.25) is 0 Å². The monoisotopic (exact) mass is 514 g/mol. The predicted molar refractivity (Wildman–Crippen MR) is 151 cm³/mol. The topological polar surface area (TPSA) is 108 Å². The van der Waals surface area contributed by atoms with Crippen molar-refractivity contribution >= 4 is 50.0 Å². The van der Waals surface area contributed by atoms with Gasteiger partial charge >= 0.3 is 0 Å². The fourth-order valence-corrected chi connectivity index (χ4v) is 4.58. The van der Waals surface area contributed by atoms with Crippen molar-refractivity contribution in [3.05, 3.63) is 71.8 Å². The van der Waals surface area contributed by atoms with Gasteiger partial charge in [0.2, 0.25) is 11.0 Å². The molecule has 37 heavy (non-hydrogen) atoms. The van der Waals surface area contributed by atoms with Crippen LogP contribution in [0.3, 0.4) is 0 Å². The zero-order valence-electron chi connectivity index (χ0n) is 21.2. The average Bonchev–Trinajstić information content (AvgIpc) is 3.27. The number of carbonyl (C=O) groups is 2. The van der Waals surface area contributed by atoms with Crippen molar-refractivity contribution in [3.63, 3.8) is 0 Å². The second-order valence-electron chi connectivity index (χ2n) is 8.75. The maximum atomic E-state index is 12.8. The number of anilines is 1. The van der Waals surface area contributed by atoms with E-state index in [-0.39, 0.29) is 11.8 Å². The first-order valence-corrected chi connectivity index (χ1v) is 12.9. The summed E-state index contributed by atoms with van der Waals surface area (Å²) in [6, 6.07) is 19.0. The number of benzene rings is 2. The molecule has 2 aromatic heterocycles. The lowest BCUT2D eigenvalue weighted by atomic mass is 10.1. The standard InChI is InChI=1S/C28H30N6O2S/c1-18-6-4-9-23(16-18)32-26(36)22-8-5-7-21(17-22)24-10-11-25-27(33-24)37-28(34-25)31-19(2)12-13-29-14-15-30-20(3)35/h4-11,16-17,29H,12-15H2,1-3H3,(H,30,35)(H,32,36). The van der Waals surface area contributed by atoms with E-state index in [0.717, 1.165) is 58.1 Å². The van der Waals surface area contributed by atoms with E-state index in [1.54, 1.807) is 6.07 Å². The molecule has 2 aromatic carbocycles. The second kappa shape index (κ2) is 12.3. The third kappa shape index (κ3) is 7.52. The number of rotatable bonds is 10. The molecular formula is C28H30N6O2S. The van der Waals surface area contributed by atoms with E-state index >= 15 is 0 Å². The van der Waals surface area contributed by atoms with Crippen LogP contribution in [0.25, 0.3) is 21.6 Å². The number of pyridine rings is 1. The van der Waals surface area contributed by atoms with Gasteiger partial charge in [0.05, 0.1) is 5.69 Å². The Morgan fingerprint density at radius 2 is 1.78 bits per heavy atom. The molecule has 0 bridgehead atoms. The number of aliphatic imine (C=N–C) groups is 1. The Kier molecular flexibility index (Phi) is 8.71. The van der Waals surface area contributed by atoms with Gasteiger partial charge in [0.1, 0.15) is 10.3 Å². The van der Waals surface area contributed by atoms with Crippen molar-refractivity contribution in [2.45, 2.75) is 27.2 Å². The first kappa shape index (κ1) is 26.1. The van der Waals surface area contributed by atoms with Crippen molar-refractivity contribution in [3.8, 4) is 11.3 Å². The van der Waals surface area contributed by atoms with Gasteiger partial charge in [0.25, 0.3) is 5.91 Å². The third-order valence-corrected chi connectivity index (χ3v) is 6.43. The van der Waals surface area contributed by atoms with Crippen molar-refractivity contribution < 1.29 is 9.59 Å². The molecule has 0 radical (unpaired) electrons. The summed E-state index contributed by atoms with van der Waals surface area (Å²) in [5, 5.41) is 9.67. The zero-order chi connectivity index (χ0) is 26.2. The van der Waals surface area contributed by atoms with Crippen molar-refractivity contribution in [2.24, 2.45) is 4.99 Å². The van der Waals surface area contributed by atoms with Gasteiger partial charge in [-0.1, -0.05) is 35.6 Å². The Balaban J connectivity index is 1.42. The van der Waals surface area contributed by atoms with Gasteiger partial charge in [0.15, 0.2) is 0 Å². The molecule has 3 N–H and O–H groups in total. The summed E-state index contributed by atoms with van der Waals surface area (Å²) in [6.45, 7) is 7.58. The van der Waals surface area contributed by atoms with E-state index in [9.17, 15) is 9.59 Å². The maximum Gasteiger partial charge on any atom is 0.255 e. The average molecular weight is 515 g/mol. The Hall–Kier alpha value is -3.95. The Morgan fingerprint density at radius 1 is 0.946 bits per heavy atom. The number of amides is 2. The molecule has 4 aromatic rings. The largest absolute Gasteiger partial charge is 0.355 e. The maximum absolute atomic E-state index is 12.8. The molecule has 2 heterocycles. The van der Waals surface area contributed by atoms with Gasteiger partial charge in [-0.3, -0.25) is 9.59 Å². The highest BCUT2D eigenvalue weighted by Crippen LogP contribution is 2.30. The summed E-state index contributed by atoms with van der Waals surface area (Å²) in [5.41, 5.74) is 5.82. The summed E-state index contributed by atoms with van der Waals surface area (Å²) in [4.78, 5) is 38.5. The second-order valence-corrected chi connectivity index (χ2v) is 9.71. The molecule has 0 atom stereocenters. The van der Waals surface area contributed by atoms with E-state index in [2.05, 4.69) is 25.9 Å². The molecule has 0 saturated carbocycles. The number of nitrogens with zero attached hydrogens (tertiary/aromatic N) is 3. The Bertz CT molecular complexity index is 1450. The lowest BCUT2D eigenvalue weighted by Gasteiger charge is -2.08. The van der Waals surface area contributed by atoms with E-state index < -0.39 is 0 Å². The molecule has 190 valence electrons. The first-order valence-electron chi connectivity index (χ1n) is 12.1. The number of hydrogen-bond acceptors (Lipinski definition) is 7. The molecule has 0 aliphatic rings. The summed E-state index contributed by atoms with van der Waals surface area (Å²) in [5.74, 6) is -0.188. The summed E-state index contributed by atoms with van der Waals surface area (Å²) >= 11 is 1.44. The van der Waals surface area contributed by atoms with Crippen LogP contribution >= 0.6 is 11.3 Å². The fourth-order valence-electron chi connectivity index (χ4n) is 3.70. The first-order chi connectivity index (χ1) is 17.9. The molecule has 9 heteroatoms. The van der Waals surface area contributed by atoms with Crippen LogP contribution in [0.15, 0.2) is 65.7 Å². The molecule has 0 saturated heterocycles. The lowest BCUT2D eigenvalue weighted by molar-refractivity contribution is -0.118. The van der Waals surface area contributed by atoms with Gasteiger partial charge in [-0.05, 0) is 62.2 Å². The van der Waals surface area contributed by atoms with Crippen LogP contribution in [0.5, 0.6) is 0 Å². The van der Waals surface area contributed by atoms with Gasteiger partial charge in [-0.25, -0.2) is 15.0 Å². The number of fused-ring (bicyclic) bond motifs is 1. The molecule has 0 aliphatic heterocycles. The number of nitrogens with one attached hydrogen (secondary N) is 3. The van der Waals surface area contributed by atoms with Crippen LogP contribution in [0.4, 0.5) is 10.8 Å². The zero-order valence-corrected chi connectivity index (χ0v) is 22.0. The van der Waals surface area contributed by atoms with E-state index in [4.69, 9.17) is 4.98 Å². The smallest absolute Gasteiger partial charge is 0.255 e. The number of hydrogen-bond donors (Lipinski definition) is 3. The number of thiazole rings is 1. The fraction of sp³-hybridized carbons (Fsp3) is 0.250. The Morgan fingerprint density at radius 3 is 2.59 bits per heavy atom. The highest BCUT2D eigenvalue weighted by atomic mass is 32.1. The lowest BCUT2D eigenvalue weighted by Crippen LogP contribution is -2.31. The molecule has 0 spiro atoms. The molecular weight excluding hydrogens is 484 g/mol. The van der Waals surface area contributed by atoms with Crippen molar-refractivity contribution in [1.29, 1.82) is 0 Å².